The topological polar surface area (TPSA) is 72.9 Å². The Balaban J connectivity index is 2.38. The first kappa shape index (κ1) is 19.2. The minimum atomic E-state index is -0.693. The average molecular weight is 368 g/mol. The van der Waals surface area contributed by atoms with Gasteiger partial charge in [0, 0.05) is 5.56 Å². The van der Waals surface area contributed by atoms with Crippen LogP contribution in [0.25, 0.3) is 0 Å². The van der Waals surface area contributed by atoms with E-state index in [0.717, 1.165) is 0 Å². The lowest BCUT2D eigenvalue weighted by Gasteiger charge is -2.35. The molecule has 1 aliphatic rings. The van der Waals surface area contributed by atoms with Crippen molar-refractivity contribution < 1.29 is 23.9 Å². The smallest absolute Gasteiger partial charge is 0.326 e. The Morgan fingerprint density at radius 3 is 2.68 bits per heavy atom. The molecule has 0 spiro atoms. The Morgan fingerprint density at radius 2 is 2.08 bits per heavy atom. The molecule has 1 amide bonds. The van der Waals surface area contributed by atoms with Crippen LogP contribution in [-0.2, 0) is 14.3 Å². The van der Waals surface area contributed by atoms with E-state index in [1.165, 1.54) is 11.0 Å². The van der Waals surface area contributed by atoms with Gasteiger partial charge in [0.2, 0.25) is 0 Å². The van der Waals surface area contributed by atoms with Crippen LogP contribution in [0.2, 0.25) is 0 Å². The molecular formula is C18H22ClNO5. The van der Waals surface area contributed by atoms with Crippen molar-refractivity contribution in [1.82, 2.24) is 0 Å². The lowest BCUT2D eigenvalue weighted by atomic mass is 10.0. The molecule has 0 fully saturated rings. The van der Waals surface area contributed by atoms with Crippen LogP contribution < -0.4 is 9.64 Å². The number of halogens is 1. The van der Waals surface area contributed by atoms with Crippen LogP contribution in [-0.4, -0.2) is 42.8 Å². The van der Waals surface area contributed by atoms with Crippen molar-refractivity contribution in [3.05, 3.63) is 23.8 Å². The summed E-state index contributed by atoms with van der Waals surface area (Å²) in [5, 5.41) is 0. The molecule has 1 heterocycles. The van der Waals surface area contributed by atoms with Crippen LogP contribution in [0.4, 0.5) is 5.69 Å². The Labute approximate surface area is 152 Å². The van der Waals surface area contributed by atoms with E-state index >= 15 is 0 Å². The van der Waals surface area contributed by atoms with Gasteiger partial charge < -0.3 is 9.47 Å². The summed E-state index contributed by atoms with van der Waals surface area (Å²) < 4.78 is 10.9. The van der Waals surface area contributed by atoms with Gasteiger partial charge >= 0.3 is 5.97 Å². The summed E-state index contributed by atoms with van der Waals surface area (Å²) in [5.74, 6) is -0.880. The summed E-state index contributed by atoms with van der Waals surface area (Å²) in [6.45, 7) is 5.69. The molecule has 0 aromatic heterocycles. The first-order valence-electron chi connectivity index (χ1n) is 8.25. The number of hydrogen-bond acceptors (Lipinski definition) is 5. The second kappa shape index (κ2) is 8.34. The number of carbonyl (C=O) groups is 3. The highest BCUT2D eigenvalue weighted by Crippen LogP contribution is 2.36. The number of anilines is 1. The monoisotopic (exact) mass is 367 g/mol. The van der Waals surface area contributed by atoms with Gasteiger partial charge in [-0.25, -0.2) is 0 Å². The molecule has 1 atom stereocenters. The van der Waals surface area contributed by atoms with E-state index in [2.05, 4.69) is 0 Å². The predicted octanol–water partition coefficient (Wildman–Crippen LogP) is 2.81. The highest BCUT2D eigenvalue weighted by Gasteiger charge is 2.37. The molecule has 1 aromatic rings. The first-order valence-corrected chi connectivity index (χ1v) is 8.79. The van der Waals surface area contributed by atoms with Gasteiger partial charge in [0.15, 0.2) is 11.9 Å². The quantitative estimate of drug-likeness (QED) is 0.421. The Hall–Kier alpha value is -2.08. The molecule has 7 heteroatoms. The van der Waals surface area contributed by atoms with Crippen LogP contribution >= 0.6 is 11.6 Å². The van der Waals surface area contributed by atoms with E-state index in [4.69, 9.17) is 21.1 Å². The molecule has 1 aromatic carbocycles. The maximum absolute atomic E-state index is 12.8. The number of benzene rings is 1. The van der Waals surface area contributed by atoms with Gasteiger partial charge in [-0.3, -0.25) is 19.3 Å². The van der Waals surface area contributed by atoms with Gasteiger partial charge in [-0.05, 0) is 30.5 Å². The molecule has 25 heavy (non-hydrogen) atoms. The summed E-state index contributed by atoms with van der Waals surface area (Å²) in [6.07, 6.45) is 0.00333. The molecule has 0 aliphatic carbocycles. The van der Waals surface area contributed by atoms with Crippen molar-refractivity contribution in [3.63, 3.8) is 0 Å². The molecule has 136 valence electrons. The molecular weight excluding hydrogens is 346 g/mol. The molecule has 0 N–H and O–H groups in total. The SMILES string of the molecule is CCCOC(=O)CN1C(=O)C(C(C)C)Oc2ccc(C(=O)CCl)cc21. The van der Waals surface area contributed by atoms with Crippen molar-refractivity contribution in [2.45, 2.75) is 33.3 Å². The predicted molar refractivity (Wildman–Crippen MR) is 94.3 cm³/mol. The zero-order valence-electron chi connectivity index (χ0n) is 14.6. The minimum Gasteiger partial charge on any atom is -0.478 e. The van der Waals surface area contributed by atoms with E-state index in [1.807, 2.05) is 20.8 Å². The van der Waals surface area contributed by atoms with Crippen molar-refractivity contribution in [2.75, 3.05) is 23.9 Å². The fourth-order valence-corrected chi connectivity index (χ4v) is 2.67. The number of ketones is 1. The molecule has 0 saturated heterocycles. The minimum absolute atomic E-state index is 0.0704. The zero-order chi connectivity index (χ0) is 18.6. The number of nitrogens with zero attached hydrogens (tertiary/aromatic N) is 1. The van der Waals surface area contributed by atoms with Gasteiger partial charge in [0.05, 0.1) is 18.2 Å². The van der Waals surface area contributed by atoms with Crippen LogP contribution in [0.5, 0.6) is 5.75 Å². The summed E-state index contributed by atoms with van der Waals surface area (Å²) in [7, 11) is 0. The van der Waals surface area contributed by atoms with Crippen molar-refractivity contribution in [1.29, 1.82) is 0 Å². The third-order valence-corrected chi connectivity index (χ3v) is 4.06. The number of amides is 1. The Kier molecular flexibility index (Phi) is 6.42. The van der Waals surface area contributed by atoms with E-state index in [0.29, 0.717) is 30.0 Å². The standard InChI is InChI=1S/C18H22ClNO5/c1-4-7-24-16(22)10-20-13-8-12(14(21)9-19)5-6-15(13)25-17(11(2)3)18(20)23/h5-6,8,11,17H,4,7,9-10H2,1-3H3. The molecule has 2 rings (SSSR count). The highest BCUT2D eigenvalue weighted by molar-refractivity contribution is 6.30. The Morgan fingerprint density at radius 1 is 1.36 bits per heavy atom. The number of esters is 1. The second-order valence-electron chi connectivity index (χ2n) is 6.17. The summed E-state index contributed by atoms with van der Waals surface area (Å²) in [5.41, 5.74) is 0.742. The molecule has 0 bridgehead atoms. The zero-order valence-corrected chi connectivity index (χ0v) is 15.3. The van der Waals surface area contributed by atoms with Crippen LogP contribution in [0.15, 0.2) is 18.2 Å². The van der Waals surface area contributed by atoms with Gasteiger partial charge in [0.25, 0.3) is 5.91 Å². The van der Waals surface area contributed by atoms with Gasteiger partial charge in [-0.15, -0.1) is 11.6 Å². The third kappa shape index (κ3) is 4.31. The molecule has 1 aliphatic heterocycles. The maximum Gasteiger partial charge on any atom is 0.326 e. The number of rotatable bonds is 7. The average Bonchev–Trinajstić information content (AvgIpc) is 2.60. The number of Topliss-reactive ketones (excluding diaryl/α,β-unsaturated/α-hetero) is 1. The van der Waals surface area contributed by atoms with Gasteiger partial charge in [-0.1, -0.05) is 20.8 Å². The normalized spacial score (nSPS) is 16.4. The van der Waals surface area contributed by atoms with Gasteiger partial charge in [0.1, 0.15) is 12.3 Å². The van der Waals surface area contributed by atoms with Crippen molar-refractivity contribution >= 4 is 34.9 Å². The number of hydrogen-bond donors (Lipinski definition) is 0. The summed E-state index contributed by atoms with van der Waals surface area (Å²) in [6, 6.07) is 4.76. The number of ether oxygens (including phenoxy) is 2. The number of fused-ring (bicyclic) bond motifs is 1. The lowest BCUT2D eigenvalue weighted by molar-refractivity contribution is -0.143. The van der Waals surface area contributed by atoms with E-state index < -0.39 is 12.1 Å². The summed E-state index contributed by atoms with van der Waals surface area (Å²) >= 11 is 5.61. The molecule has 6 nitrogen and oxygen atoms in total. The van der Waals surface area contributed by atoms with E-state index in [1.54, 1.807) is 12.1 Å². The van der Waals surface area contributed by atoms with E-state index in [9.17, 15) is 14.4 Å². The van der Waals surface area contributed by atoms with Crippen LogP contribution in [0, 0.1) is 5.92 Å². The fraction of sp³-hybridized carbons (Fsp3) is 0.500. The number of alkyl halides is 1. The summed E-state index contributed by atoms with van der Waals surface area (Å²) in [4.78, 5) is 38.0. The van der Waals surface area contributed by atoms with E-state index in [-0.39, 0.29) is 30.0 Å². The van der Waals surface area contributed by atoms with Crippen molar-refractivity contribution in [3.8, 4) is 5.75 Å². The first-order chi connectivity index (χ1) is 11.9. The second-order valence-corrected chi connectivity index (χ2v) is 6.43. The van der Waals surface area contributed by atoms with Gasteiger partial charge in [-0.2, -0.15) is 0 Å². The molecule has 0 radical (unpaired) electrons. The van der Waals surface area contributed by atoms with Crippen LogP contribution in [0.1, 0.15) is 37.6 Å². The Bertz CT molecular complexity index is 673. The largest absolute Gasteiger partial charge is 0.478 e. The maximum atomic E-state index is 12.8. The molecule has 1 unspecified atom stereocenters. The number of carbonyl (C=O) groups excluding carboxylic acids is 3. The third-order valence-electron chi connectivity index (χ3n) is 3.82. The van der Waals surface area contributed by atoms with Crippen LogP contribution in [0.3, 0.4) is 0 Å². The lowest BCUT2D eigenvalue weighted by Crippen LogP contribution is -2.50. The molecule has 0 saturated carbocycles. The van der Waals surface area contributed by atoms with Crippen molar-refractivity contribution in [2.24, 2.45) is 5.92 Å². The fourth-order valence-electron chi connectivity index (χ4n) is 2.51. The highest BCUT2D eigenvalue weighted by atomic mass is 35.5.